The Morgan fingerprint density at radius 2 is 1.23 bits per heavy atom. The number of fused-ring (bicyclic) bond motifs is 2. The van der Waals surface area contributed by atoms with Gasteiger partial charge in [0.2, 0.25) is 0 Å². The van der Waals surface area contributed by atoms with Crippen LogP contribution in [0.5, 0.6) is 0 Å². The molecule has 48 heavy (non-hydrogen) atoms. The number of anilines is 2. The largest absolute Gasteiger partial charge is 0.397 e. The van der Waals surface area contributed by atoms with Crippen LogP contribution in [0.1, 0.15) is 22.3 Å². The number of amidine groups is 2. The highest BCUT2D eigenvalue weighted by molar-refractivity contribution is 6.14. The Labute approximate surface area is 282 Å². The first-order chi connectivity index (χ1) is 23.4. The Hall–Kier alpha value is -6.20. The third-order valence-electron chi connectivity index (χ3n) is 8.37. The summed E-state index contributed by atoms with van der Waals surface area (Å²) in [6.45, 7) is 2.83. The maximum Gasteiger partial charge on any atom is 0.154 e. The number of nitrogens with two attached hydrogens (primary N) is 2. The summed E-state index contributed by atoms with van der Waals surface area (Å²) in [6.07, 6.45) is 0. The lowest BCUT2D eigenvalue weighted by atomic mass is 9.93. The van der Waals surface area contributed by atoms with E-state index in [2.05, 4.69) is 96.7 Å². The Kier molecular flexibility index (Phi) is 9.59. The molecule has 5 N–H and O–H groups in total. The van der Waals surface area contributed by atoms with E-state index in [0.29, 0.717) is 5.84 Å². The number of nitrogen functional groups attached to an aromatic ring is 1. The molecule has 236 valence electrons. The van der Waals surface area contributed by atoms with Crippen LogP contribution in [0, 0.1) is 12.3 Å². The molecule has 0 bridgehead atoms. The molecule has 0 atom stereocenters. The van der Waals surface area contributed by atoms with Gasteiger partial charge in [-0.3, -0.25) is 5.41 Å². The minimum Gasteiger partial charge on any atom is -0.397 e. The second kappa shape index (κ2) is 14.5. The third-order valence-corrected chi connectivity index (χ3v) is 8.37. The molecular weight excluding hydrogens is 587 g/mol. The summed E-state index contributed by atoms with van der Waals surface area (Å²) in [5.41, 5.74) is 20.7. The molecule has 0 aliphatic rings. The number of rotatable bonds is 6. The lowest BCUT2D eigenvalue weighted by Gasteiger charge is -2.21. The Morgan fingerprint density at radius 3 is 1.92 bits per heavy atom. The van der Waals surface area contributed by atoms with Crippen LogP contribution in [0.2, 0.25) is 0 Å². The number of benzene rings is 7. The van der Waals surface area contributed by atoms with Crippen molar-refractivity contribution in [2.45, 2.75) is 13.5 Å². The molecule has 0 saturated heterocycles. The lowest BCUT2D eigenvalue weighted by Crippen LogP contribution is -2.17. The molecule has 7 rings (SSSR count). The van der Waals surface area contributed by atoms with Crippen molar-refractivity contribution in [3.8, 4) is 11.1 Å². The van der Waals surface area contributed by atoms with Crippen molar-refractivity contribution in [3.05, 3.63) is 180 Å². The zero-order valence-corrected chi connectivity index (χ0v) is 27.3. The van der Waals surface area contributed by atoms with Gasteiger partial charge in [0, 0.05) is 24.7 Å². The van der Waals surface area contributed by atoms with Gasteiger partial charge in [0.05, 0.1) is 11.4 Å². The lowest BCUT2D eigenvalue weighted by molar-refractivity contribution is 0.926. The second-order valence-electron chi connectivity index (χ2n) is 11.9. The van der Waals surface area contributed by atoms with Crippen molar-refractivity contribution in [3.63, 3.8) is 0 Å². The highest BCUT2D eigenvalue weighted by Gasteiger charge is 2.13. The standard InChI is InChI=1S/C36H31N5.C7H8/c1-41(34-14-8-7-13-33(34)37)23-24-15-16-29-20-30(18-17-28(29)19-24)31-21-26-11-5-6-12-27(26)22-32(31)36(39)40-35(38)25-9-3-2-4-10-25;1-7-5-3-2-4-6-7/h2-22H,23,37H2,1H3,(H3,38,39,40);2-6H,1H3. The second-order valence-corrected chi connectivity index (χ2v) is 11.9. The Morgan fingerprint density at radius 1 is 0.646 bits per heavy atom. The van der Waals surface area contributed by atoms with Crippen molar-refractivity contribution in [2.75, 3.05) is 17.7 Å². The minimum absolute atomic E-state index is 0.135. The molecule has 0 amide bonds. The topological polar surface area (TPSA) is 91.5 Å². The van der Waals surface area contributed by atoms with E-state index in [1.807, 2.05) is 84.9 Å². The molecule has 0 spiro atoms. The molecule has 0 aromatic heterocycles. The van der Waals surface area contributed by atoms with Crippen LogP contribution in [0.15, 0.2) is 163 Å². The third kappa shape index (κ3) is 7.43. The number of hydrogen-bond donors (Lipinski definition) is 3. The predicted octanol–water partition coefficient (Wildman–Crippen LogP) is 9.60. The van der Waals surface area contributed by atoms with Gasteiger partial charge in [0.25, 0.3) is 0 Å². The van der Waals surface area contributed by atoms with E-state index in [1.54, 1.807) is 0 Å². The fourth-order valence-electron chi connectivity index (χ4n) is 5.82. The van der Waals surface area contributed by atoms with E-state index < -0.39 is 0 Å². The molecule has 7 aromatic rings. The summed E-state index contributed by atoms with van der Waals surface area (Å²) in [5, 5.41) is 13.0. The number of aliphatic imine (C=N–C) groups is 1. The number of nitrogens with zero attached hydrogens (tertiary/aromatic N) is 2. The van der Waals surface area contributed by atoms with Crippen molar-refractivity contribution in [1.29, 1.82) is 5.41 Å². The van der Waals surface area contributed by atoms with Gasteiger partial charge in [-0.05, 0) is 81.6 Å². The van der Waals surface area contributed by atoms with Crippen molar-refractivity contribution >= 4 is 44.6 Å². The average Bonchev–Trinajstić information content (AvgIpc) is 3.12. The van der Waals surface area contributed by atoms with Gasteiger partial charge >= 0.3 is 0 Å². The van der Waals surface area contributed by atoms with Crippen LogP contribution < -0.4 is 16.4 Å². The molecule has 0 heterocycles. The molecule has 0 unspecified atom stereocenters. The molecule has 0 fully saturated rings. The number of aryl methyl sites for hydroxylation is 1. The molecule has 5 heteroatoms. The van der Waals surface area contributed by atoms with E-state index in [-0.39, 0.29) is 5.84 Å². The van der Waals surface area contributed by atoms with Crippen molar-refractivity contribution in [2.24, 2.45) is 10.7 Å². The summed E-state index contributed by atoms with van der Waals surface area (Å²) < 4.78 is 0. The van der Waals surface area contributed by atoms with Crippen LogP contribution in [-0.2, 0) is 6.54 Å². The Bertz CT molecular complexity index is 2220. The average molecular weight is 626 g/mol. The fraction of sp³-hybridized carbons (Fsp3) is 0.0698. The van der Waals surface area contributed by atoms with Crippen LogP contribution >= 0.6 is 0 Å². The zero-order valence-electron chi connectivity index (χ0n) is 27.3. The summed E-state index contributed by atoms with van der Waals surface area (Å²) >= 11 is 0. The van der Waals surface area contributed by atoms with Crippen molar-refractivity contribution < 1.29 is 0 Å². The molecule has 0 aliphatic heterocycles. The quantitative estimate of drug-likeness (QED) is 0.0976. The van der Waals surface area contributed by atoms with Gasteiger partial charge in [-0.1, -0.05) is 127 Å². The van der Waals surface area contributed by atoms with Crippen LogP contribution in [-0.4, -0.2) is 18.7 Å². The summed E-state index contributed by atoms with van der Waals surface area (Å²) in [4.78, 5) is 6.68. The van der Waals surface area contributed by atoms with Crippen molar-refractivity contribution in [1.82, 2.24) is 0 Å². The minimum atomic E-state index is 0.135. The molecule has 0 aliphatic carbocycles. The first kappa shape index (κ1) is 31.8. The predicted molar refractivity (Wildman–Crippen MR) is 205 cm³/mol. The summed E-state index contributed by atoms with van der Waals surface area (Å²) in [6, 6.07) is 53.1. The fourth-order valence-corrected chi connectivity index (χ4v) is 5.82. The maximum absolute atomic E-state index is 8.51. The van der Waals surface area contributed by atoms with Crippen LogP contribution in [0.25, 0.3) is 32.7 Å². The van der Waals surface area contributed by atoms with Gasteiger partial charge in [-0.15, -0.1) is 0 Å². The van der Waals surface area contributed by atoms with Gasteiger partial charge in [-0.25, -0.2) is 4.99 Å². The monoisotopic (exact) mass is 625 g/mol. The van der Waals surface area contributed by atoms with E-state index in [9.17, 15) is 0 Å². The maximum atomic E-state index is 8.51. The summed E-state index contributed by atoms with van der Waals surface area (Å²) in [5.74, 6) is 0.453. The zero-order chi connectivity index (χ0) is 33.5. The van der Waals surface area contributed by atoms with E-state index >= 15 is 0 Å². The first-order valence-corrected chi connectivity index (χ1v) is 16.0. The normalized spacial score (nSPS) is 11.2. The van der Waals surface area contributed by atoms with Gasteiger partial charge in [-0.2, -0.15) is 0 Å². The highest BCUT2D eigenvalue weighted by Crippen LogP contribution is 2.32. The van der Waals surface area contributed by atoms with Crippen LogP contribution in [0.3, 0.4) is 0 Å². The number of hydrogen-bond acceptors (Lipinski definition) is 3. The van der Waals surface area contributed by atoms with Crippen LogP contribution in [0.4, 0.5) is 11.4 Å². The molecule has 0 saturated carbocycles. The van der Waals surface area contributed by atoms with E-state index in [4.69, 9.17) is 16.9 Å². The number of nitrogens with one attached hydrogen (secondary N) is 1. The van der Waals surface area contributed by atoms with Gasteiger partial charge in [0.1, 0.15) is 5.84 Å². The van der Waals surface area contributed by atoms with E-state index in [1.165, 1.54) is 11.1 Å². The summed E-state index contributed by atoms with van der Waals surface area (Å²) in [7, 11) is 2.06. The van der Waals surface area contributed by atoms with Gasteiger partial charge in [0.15, 0.2) is 5.84 Å². The molecular formula is C43H39N5. The Balaban J connectivity index is 0.000000510. The highest BCUT2D eigenvalue weighted by atomic mass is 15.1. The van der Waals surface area contributed by atoms with Gasteiger partial charge < -0.3 is 16.4 Å². The number of para-hydroxylation sites is 2. The first-order valence-electron chi connectivity index (χ1n) is 16.0. The molecule has 5 nitrogen and oxygen atoms in total. The SMILES string of the molecule is CN(Cc1ccc2cc(-c3cc4ccccc4cc3C(N)=NC(=N)c3ccccc3)ccc2c1)c1ccccc1N.Cc1ccccc1. The molecule has 7 aromatic carbocycles. The van der Waals surface area contributed by atoms with E-state index in [0.717, 1.165) is 61.7 Å². The smallest absolute Gasteiger partial charge is 0.154 e. The molecule has 0 radical (unpaired) electrons.